The van der Waals surface area contributed by atoms with Crippen LogP contribution < -0.4 is 10.6 Å². The molecule has 1 aromatic heterocycles. The van der Waals surface area contributed by atoms with Crippen molar-refractivity contribution >= 4 is 11.6 Å². The Morgan fingerprint density at radius 1 is 1.16 bits per heavy atom. The van der Waals surface area contributed by atoms with Crippen LogP contribution in [0.2, 0.25) is 0 Å². The molecule has 2 rings (SSSR count). The molecule has 0 spiro atoms. The highest BCUT2D eigenvalue weighted by Crippen LogP contribution is 2.28. The molecule has 0 aliphatic heterocycles. The number of hydrogen-bond acceptors (Lipinski definition) is 5. The summed E-state index contributed by atoms with van der Waals surface area (Å²) in [7, 11) is 0. The highest BCUT2D eigenvalue weighted by molar-refractivity contribution is 5.41. The lowest BCUT2D eigenvalue weighted by atomic mass is 9.85. The first kappa shape index (κ1) is 14.1. The largest absolute Gasteiger partial charge is 0.388 e. The number of nitrogens with one attached hydrogen (secondary N) is 2. The van der Waals surface area contributed by atoms with Gasteiger partial charge in [0.1, 0.15) is 11.6 Å². The fourth-order valence-electron chi connectivity index (χ4n) is 2.43. The van der Waals surface area contributed by atoms with Crippen molar-refractivity contribution in [1.82, 2.24) is 9.97 Å². The molecule has 1 aromatic rings. The van der Waals surface area contributed by atoms with Gasteiger partial charge in [-0.3, -0.25) is 4.98 Å². The number of anilines is 2. The lowest BCUT2D eigenvalue weighted by molar-refractivity contribution is 0.0166. The van der Waals surface area contributed by atoms with Gasteiger partial charge in [0.2, 0.25) is 0 Å². The van der Waals surface area contributed by atoms with Gasteiger partial charge in [-0.25, -0.2) is 4.98 Å². The average molecular weight is 264 g/mol. The minimum Gasteiger partial charge on any atom is -0.388 e. The molecule has 0 saturated heterocycles. The lowest BCUT2D eigenvalue weighted by Gasteiger charge is -2.32. The molecular weight excluding hydrogens is 240 g/mol. The second-order valence-electron chi connectivity index (χ2n) is 5.35. The molecular formula is C14H24N4O. The molecule has 3 N–H and O–H groups in total. The van der Waals surface area contributed by atoms with Crippen molar-refractivity contribution in [3.8, 4) is 0 Å². The first-order valence-corrected chi connectivity index (χ1v) is 7.24. The summed E-state index contributed by atoms with van der Waals surface area (Å²) in [5, 5.41) is 16.8. The monoisotopic (exact) mass is 264 g/mol. The number of rotatable bonds is 6. The Morgan fingerprint density at radius 3 is 2.53 bits per heavy atom. The highest BCUT2D eigenvalue weighted by Gasteiger charge is 2.28. The second kappa shape index (κ2) is 6.70. The quantitative estimate of drug-likeness (QED) is 0.736. The van der Waals surface area contributed by atoms with Crippen molar-refractivity contribution in [2.45, 2.75) is 51.0 Å². The third kappa shape index (κ3) is 4.35. The van der Waals surface area contributed by atoms with Gasteiger partial charge in [-0.2, -0.15) is 0 Å². The van der Waals surface area contributed by atoms with Crippen molar-refractivity contribution < 1.29 is 5.11 Å². The molecule has 106 valence electrons. The van der Waals surface area contributed by atoms with Gasteiger partial charge in [-0.1, -0.05) is 26.2 Å². The van der Waals surface area contributed by atoms with Crippen molar-refractivity contribution in [3.05, 3.63) is 12.4 Å². The van der Waals surface area contributed by atoms with E-state index in [4.69, 9.17) is 0 Å². The van der Waals surface area contributed by atoms with E-state index < -0.39 is 5.60 Å². The molecule has 5 nitrogen and oxygen atoms in total. The molecule has 1 heterocycles. The molecule has 19 heavy (non-hydrogen) atoms. The average Bonchev–Trinajstić information content (AvgIpc) is 2.44. The van der Waals surface area contributed by atoms with E-state index in [0.29, 0.717) is 6.54 Å². The summed E-state index contributed by atoms with van der Waals surface area (Å²) in [6.45, 7) is 3.56. The zero-order chi connectivity index (χ0) is 13.6. The molecule has 0 radical (unpaired) electrons. The first-order chi connectivity index (χ1) is 9.22. The van der Waals surface area contributed by atoms with Crippen LogP contribution >= 0.6 is 0 Å². The minimum absolute atomic E-state index is 0.554. The van der Waals surface area contributed by atoms with E-state index in [0.717, 1.165) is 50.3 Å². The fourth-order valence-corrected chi connectivity index (χ4v) is 2.43. The zero-order valence-corrected chi connectivity index (χ0v) is 11.7. The van der Waals surface area contributed by atoms with Gasteiger partial charge >= 0.3 is 0 Å². The van der Waals surface area contributed by atoms with Gasteiger partial charge in [0.05, 0.1) is 18.0 Å². The summed E-state index contributed by atoms with van der Waals surface area (Å²) in [5.41, 5.74) is -0.577. The summed E-state index contributed by atoms with van der Waals surface area (Å²) >= 11 is 0. The molecule has 5 heteroatoms. The fraction of sp³-hybridized carbons (Fsp3) is 0.714. The Hall–Kier alpha value is -1.36. The van der Waals surface area contributed by atoms with Crippen LogP contribution in [0.25, 0.3) is 0 Å². The van der Waals surface area contributed by atoms with Gasteiger partial charge in [0.25, 0.3) is 0 Å². The molecule has 1 fully saturated rings. The molecule has 1 saturated carbocycles. The molecule has 0 unspecified atom stereocenters. The van der Waals surface area contributed by atoms with Crippen molar-refractivity contribution in [2.24, 2.45) is 0 Å². The third-order valence-electron chi connectivity index (χ3n) is 3.57. The Labute approximate surface area is 114 Å². The van der Waals surface area contributed by atoms with Crippen LogP contribution in [-0.4, -0.2) is 33.8 Å². The Balaban J connectivity index is 1.88. The highest BCUT2D eigenvalue weighted by atomic mass is 16.3. The first-order valence-electron chi connectivity index (χ1n) is 7.24. The van der Waals surface area contributed by atoms with Gasteiger partial charge < -0.3 is 15.7 Å². The maximum absolute atomic E-state index is 10.4. The zero-order valence-electron chi connectivity index (χ0n) is 11.7. The topological polar surface area (TPSA) is 70.1 Å². The van der Waals surface area contributed by atoms with Crippen LogP contribution in [0.4, 0.5) is 11.6 Å². The standard InChI is InChI=1S/C14H24N4O/c1-2-8-16-12-9-15-10-13(18-12)17-11-14(19)6-4-3-5-7-14/h9-10,19H,2-8,11H2,1H3,(H2,16,17,18). The predicted molar refractivity (Wildman–Crippen MR) is 77.3 cm³/mol. The van der Waals surface area contributed by atoms with E-state index in [-0.39, 0.29) is 0 Å². The molecule has 0 atom stereocenters. The Morgan fingerprint density at radius 2 is 1.84 bits per heavy atom. The third-order valence-corrected chi connectivity index (χ3v) is 3.57. The summed E-state index contributed by atoms with van der Waals surface area (Å²) < 4.78 is 0. The van der Waals surface area contributed by atoms with Gasteiger partial charge in [-0.05, 0) is 19.3 Å². The van der Waals surface area contributed by atoms with Gasteiger partial charge in [0, 0.05) is 13.1 Å². The molecule has 0 bridgehead atoms. The van der Waals surface area contributed by atoms with E-state index in [1.165, 1.54) is 6.42 Å². The van der Waals surface area contributed by atoms with Crippen LogP contribution in [0.15, 0.2) is 12.4 Å². The van der Waals surface area contributed by atoms with Crippen LogP contribution in [0.1, 0.15) is 45.4 Å². The Kier molecular flexibility index (Phi) is 4.96. The van der Waals surface area contributed by atoms with Crippen molar-refractivity contribution in [1.29, 1.82) is 0 Å². The number of hydrogen-bond donors (Lipinski definition) is 3. The van der Waals surface area contributed by atoms with Crippen LogP contribution in [0.5, 0.6) is 0 Å². The summed E-state index contributed by atoms with van der Waals surface area (Å²) in [6, 6.07) is 0. The molecule has 0 amide bonds. The van der Waals surface area contributed by atoms with Crippen LogP contribution in [0, 0.1) is 0 Å². The van der Waals surface area contributed by atoms with E-state index in [1.807, 2.05) is 0 Å². The summed E-state index contributed by atoms with van der Waals surface area (Å²) in [5.74, 6) is 1.50. The van der Waals surface area contributed by atoms with E-state index in [9.17, 15) is 5.11 Å². The van der Waals surface area contributed by atoms with E-state index in [2.05, 4.69) is 27.5 Å². The molecule has 0 aromatic carbocycles. The summed E-state index contributed by atoms with van der Waals surface area (Å²) in [4.78, 5) is 8.58. The van der Waals surface area contributed by atoms with Crippen LogP contribution in [-0.2, 0) is 0 Å². The van der Waals surface area contributed by atoms with Crippen LogP contribution in [0.3, 0.4) is 0 Å². The Bertz CT molecular complexity index is 391. The number of aliphatic hydroxyl groups is 1. The number of aromatic nitrogens is 2. The normalized spacial score (nSPS) is 18.0. The summed E-state index contributed by atoms with van der Waals surface area (Å²) in [6.07, 6.45) is 9.68. The van der Waals surface area contributed by atoms with E-state index >= 15 is 0 Å². The maximum Gasteiger partial charge on any atom is 0.147 e. The second-order valence-corrected chi connectivity index (χ2v) is 5.35. The molecule has 1 aliphatic rings. The lowest BCUT2D eigenvalue weighted by Crippen LogP contribution is -2.38. The maximum atomic E-state index is 10.4. The van der Waals surface area contributed by atoms with Crippen molar-refractivity contribution in [2.75, 3.05) is 23.7 Å². The number of nitrogens with zero attached hydrogens (tertiary/aromatic N) is 2. The molecule has 1 aliphatic carbocycles. The van der Waals surface area contributed by atoms with E-state index in [1.54, 1.807) is 12.4 Å². The SMILES string of the molecule is CCCNc1cncc(NCC2(O)CCCCC2)n1. The predicted octanol–water partition coefficient (Wildman–Crippen LogP) is 2.41. The van der Waals surface area contributed by atoms with Crippen molar-refractivity contribution in [3.63, 3.8) is 0 Å². The van der Waals surface area contributed by atoms with Gasteiger partial charge in [0.15, 0.2) is 0 Å². The smallest absolute Gasteiger partial charge is 0.147 e. The minimum atomic E-state index is -0.577. The van der Waals surface area contributed by atoms with Gasteiger partial charge in [-0.15, -0.1) is 0 Å².